The molecule has 1 amide bonds. The highest BCUT2D eigenvalue weighted by Crippen LogP contribution is 2.15. The minimum atomic E-state index is -0.0713. The fourth-order valence-corrected chi connectivity index (χ4v) is 1.72. The summed E-state index contributed by atoms with van der Waals surface area (Å²) in [6, 6.07) is 5.58. The maximum absolute atomic E-state index is 11.8. The zero-order valence-electron chi connectivity index (χ0n) is 9.29. The highest BCUT2D eigenvalue weighted by Gasteiger charge is 2.10. The Labute approximate surface area is 110 Å². The molecule has 0 unspecified atom stereocenters. The van der Waals surface area contributed by atoms with Crippen molar-refractivity contribution >= 4 is 34.2 Å². The second-order valence-corrected chi connectivity index (χ2v) is 4.49. The lowest BCUT2D eigenvalue weighted by Gasteiger charge is -2.12. The van der Waals surface area contributed by atoms with Gasteiger partial charge in [-0.05, 0) is 37.6 Å². The van der Waals surface area contributed by atoms with E-state index < -0.39 is 0 Å². The number of carbonyl (C=O) groups excluding carboxylic acids is 1. The molecule has 1 rings (SSSR count). The van der Waals surface area contributed by atoms with Crippen LogP contribution in [0.25, 0.3) is 0 Å². The fourth-order valence-electron chi connectivity index (χ4n) is 1.24. The van der Waals surface area contributed by atoms with Gasteiger partial charge in [0.2, 0.25) is 0 Å². The Morgan fingerprint density at radius 1 is 1.56 bits per heavy atom. The summed E-state index contributed by atoms with van der Waals surface area (Å²) < 4.78 is 0.975. The van der Waals surface area contributed by atoms with Crippen LogP contribution in [0.5, 0.6) is 0 Å². The lowest BCUT2D eigenvalue weighted by atomic mass is 10.1. The standard InChI is InChI=1S/C11H15BrN2O.ClH/c1-7-5-9(12)3-4-10(7)11(15)14-8(2)6-13;/h3-5,8H,6,13H2,1-2H3,(H,14,15);1H/t8-;/m1./s1. The highest BCUT2D eigenvalue weighted by molar-refractivity contribution is 9.10. The second-order valence-electron chi connectivity index (χ2n) is 3.57. The van der Waals surface area contributed by atoms with Crippen molar-refractivity contribution in [2.45, 2.75) is 19.9 Å². The van der Waals surface area contributed by atoms with Crippen molar-refractivity contribution in [2.75, 3.05) is 6.54 Å². The van der Waals surface area contributed by atoms with Gasteiger partial charge in [-0.3, -0.25) is 4.79 Å². The van der Waals surface area contributed by atoms with Gasteiger partial charge < -0.3 is 11.1 Å². The number of rotatable bonds is 3. The molecular weight excluding hydrogens is 291 g/mol. The summed E-state index contributed by atoms with van der Waals surface area (Å²) in [4.78, 5) is 11.8. The van der Waals surface area contributed by atoms with Gasteiger partial charge in [0, 0.05) is 22.6 Å². The van der Waals surface area contributed by atoms with Crippen LogP contribution < -0.4 is 11.1 Å². The van der Waals surface area contributed by atoms with Gasteiger partial charge in [-0.2, -0.15) is 0 Å². The predicted octanol–water partition coefficient (Wildman–Crippen LogP) is 2.26. The first-order chi connectivity index (χ1) is 7.04. The van der Waals surface area contributed by atoms with E-state index in [-0.39, 0.29) is 24.4 Å². The number of hydrogen-bond donors (Lipinski definition) is 2. The first-order valence-corrected chi connectivity index (χ1v) is 5.61. The molecule has 1 aromatic rings. The third-order valence-corrected chi connectivity index (χ3v) is 2.66. The van der Waals surface area contributed by atoms with Crippen molar-refractivity contribution in [2.24, 2.45) is 5.73 Å². The zero-order chi connectivity index (χ0) is 11.4. The quantitative estimate of drug-likeness (QED) is 0.900. The van der Waals surface area contributed by atoms with Crippen molar-refractivity contribution in [3.05, 3.63) is 33.8 Å². The van der Waals surface area contributed by atoms with Gasteiger partial charge in [-0.25, -0.2) is 0 Å². The third-order valence-electron chi connectivity index (χ3n) is 2.16. The fraction of sp³-hybridized carbons (Fsp3) is 0.364. The molecule has 0 saturated heterocycles. The lowest BCUT2D eigenvalue weighted by molar-refractivity contribution is 0.0940. The second kappa shape index (κ2) is 6.89. The maximum atomic E-state index is 11.8. The molecule has 0 bridgehead atoms. The highest BCUT2D eigenvalue weighted by atomic mass is 79.9. The van der Waals surface area contributed by atoms with Crippen molar-refractivity contribution in [1.29, 1.82) is 0 Å². The van der Waals surface area contributed by atoms with Crippen molar-refractivity contribution in [1.82, 2.24) is 5.32 Å². The van der Waals surface area contributed by atoms with E-state index in [1.54, 1.807) is 6.07 Å². The SMILES string of the molecule is Cc1cc(Br)ccc1C(=O)N[C@H](C)CN.Cl. The first-order valence-electron chi connectivity index (χ1n) is 4.81. The number of carbonyl (C=O) groups is 1. The summed E-state index contributed by atoms with van der Waals surface area (Å²) in [5, 5.41) is 2.83. The monoisotopic (exact) mass is 306 g/mol. The van der Waals surface area contributed by atoms with Crippen molar-refractivity contribution < 1.29 is 4.79 Å². The van der Waals surface area contributed by atoms with E-state index in [0.717, 1.165) is 10.0 Å². The van der Waals surface area contributed by atoms with Crippen LogP contribution in [0.3, 0.4) is 0 Å². The Bertz CT molecular complexity index is 371. The number of nitrogens with one attached hydrogen (secondary N) is 1. The third kappa shape index (κ3) is 4.12. The average molecular weight is 308 g/mol. The van der Waals surface area contributed by atoms with Gasteiger partial charge in [0.25, 0.3) is 5.91 Å². The largest absolute Gasteiger partial charge is 0.348 e. The molecule has 0 aliphatic carbocycles. The van der Waals surface area contributed by atoms with E-state index in [4.69, 9.17) is 5.73 Å². The molecule has 3 nitrogen and oxygen atoms in total. The molecular formula is C11H16BrClN2O. The van der Waals surface area contributed by atoms with Crippen LogP contribution in [0.4, 0.5) is 0 Å². The minimum absolute atomic E-state index is 0. The van der Waals surface area contributed by atoms with E-state index in [0.29, 0.717) is 12.1 Å². The summed E-state index contributed by atoms with van der Waals surface area (Å²) in [5.74, 6) is -0.0713. The number of benzene rings is 1. The minimum Gasteiger partial charge on any atom is -0.348 e. The maximum Gasteiger partial charge on any atom is 0.251 e. The molecule has 0 fully saturated rings. The van der Waals surface area contributed by atoms with Crippen LogP contribution in [-0.2, 0) is 0 Å². The number of amides is 1. The number of hydrogen-bond acceptors (Lipinski definition) is 2. The van der Waals surface area contributed by atoms with Gasteiger partial charge in [-0.15, -0.1) is 12.4 Å². The van der Waals surface area contributed by atoms with Gasteiger partial charge in [0.1, 0.15) is 0 Å². The summed E-state index contributed by atoms with van der Waals surface area (Å²) >= 11 is 3.36. The predicted molar refractivity (Wildman–Crippen MR) is 72.1 cm³/mol. The van der Waals surface area contributed by atoms with Gasteiger partial charge >= 0.3 is 0 Å². The van der Waals surface area contributed by atoms with E-state index in [1.807, 2.05) is 26.0 Å². The van der Waals surface area contributed by atoms with E-state index >= 15 is 0 Å². The molecule has 0 saturated carbocycles. The Kier molecular flexibility index (Phi) is 6.64. The molecule has 0 radical (unpaired) electrons. The molecule has 0 spiro atoms. The molecule has 16 heavy (non-hydrogen) atoms. The Morgan fingerprint density at radius 3 is 2.69 bits per heavy atom. The molecule has 0 heterocycles. The van der Waals surface area contributed by atoms with Crippen molar-refractivity contribution in [3.8, 4) is 0 Å². The topological polar surface area (TPSA) is 55.1 Å². The molecule has 90 valence electrons. The molecule has 3 N–H and O–H groups in total. The lowest BCUT2D eigenvalue weighted by Crippen LogP contribution is -2.38. The molecule has 1 atom stereocenters. The number of nitrogens with two attached hydrogens (primary N) is 1. The van der Waals surface area contributed by atoms with E-state index in [1.165, 1.54) is 0 Å². The van der Waals surface area contributed by atoms with Crippen LogP contribution >= 0.6 is 28.3 Å². The Balaban J connectivity index is 0.00000225. The first kappa shape index (κ1) is 15.4. The summed E-state index contributed by atoms with van der Waals surface area (Å²) in [7, 11) is 0. The molecule has 5 heteroatoms. The van der Waals surface area contributed by atoms with Crippen LogP contribution in [-0.4, -0.2) is 18.5 Å². The van der Waals surface area contributed by atoms with E-state index in [2.05, 4.69) is 21.2 Å². The summed E-state index contributed by atoms with van der Waals surface area (Å²) in [5.41, 5.74) is 7.08. The van der Waals surface area contributed by atoms with Crippen LogP contribution in [0.1, 0.15) is 22.8 Å². The zero-order valence-corrected chi connectivity index (χ0v) is 11.7. The summed E-state index contributed by atoms with van der Waals surface area (Å²) in [6.45, 7) is 4.24. The summed E-state index contributed by atoms with van der Waals surface area (Å²) in [6.07, 6.45) is 0. The van der Waals surface area contributed by atoms with Crippen LogP contribution in [0.2, 0.25) is 0 Å². The molecule has 0 aliphatic rings. The van der Waals surface area contributed by atoms with Gasteiger partial charge in [0.15, 0.2) is 0 Å². The van der Waals surface area contributed by atoms with Gasteiger partial charge in [0.05, 0.1) is 0 Å². The van der Waals surface area contributed by atoms with Crippen molar-refractivity contribution in [3.63, 3.8) is 0 Å². The average Bonchev–Trinajstić information content (AvgIpc) is 2.17. The van der Waals surface area contributed by atoms with Gasteiger partial charge in [-0.1, -0.05) is 15.9 Å². The smallest absolute Gasteiger partial charge is 0.251 e. The Morgan fingerprint density at radius 2 is 2.19 bits per heavy atom. The number of aryl methyl sites for hydroxylation is 1. The van der Waals surface area contributed by atoms with E-state index in [9.17, 15) is 4.79 Å². The molecule has 0 aliphatic heterocycles. The Hall–Kier alpha value is -0.580. The van der Waals surface area contributed by atoms with Crippen LogP contribution in [0, 0.1) is 6.92 Å². The molecule has 0 aromatic heterocycles. The molecule has 1 aromatic carbocycles. The number of halogens is 2. The normalized spacial score (nSPS) is 11.5. The van der Waals surface area contributed by atoms with Crippen LogP contribution in [0.15, 0.2) is 22.7 Å².